The maximum Gasteiger partial charge on any atom is 0.409 e. The van der Waals surface area contributed by atoms with Gasteiger partial charge in [0.25, 0.3) is 0 Å². The molecule has 88 valence electrons. The zero-order valence-corrected chi connectivity index (χ0v) is 9.79. The van der Waals surface area contributed by atoms with Gasteiger partial charge in [-0.2, -0.15) is 0 Å². The molecule has 1 aliphatic heterocycles. The lowest BCUT2D eigenvalue weighted by Crippen LogP contribution is -2.46. The molecule has 0 spiro atoms. The van der Waals surface area contributed by atoms with Crippen LogP contribution in [0.25, 0.3) is 0 Å². The highest BCUT2D eigenvalue weighted by atomic mass is 16.6. The number of carbonyl (C=O) groups excluding carboxylic acids is 1. The molecule has 15 heavy (non-hydrogen) atoms. The number of nitrogens with one attached hydrogen (secondary N) is 1. The first-order valence-electron chi connectivity index (χ1n) is 5.86. The number of hydrogen-bond acceptors (Lipinski definition) is 3. The summed E-state index contributed by atoms with van der Waals surface area (Å²) in [4.78, 5) is 13.3. The third-order valence-electron chi connectivity index (χ3n) is 2.83. The van der Waals surface area contributed by atoms with Gasteiger partial charge in [0.1, 0.15) is 0 Å². The van der Waals surface area contributed by atoms with Gasteiger partial charge in [-0.15, -0.1) is 0 Å². The lowest BCUT2D eigenvalue weighted by Gasteiger charge is -2.30. The fourth-order valence-electron chi connectivity index (χ4n) is 1.72. The summed E-state index contributed by atoms with van der Waals surface area (Å²) < 4.78 is 5.16. The van der Waals surface area contributed by atoms with Gasteiger partial charge in [-0.05, 0) is 25.8 Å². The quantitative estimate of drug-likeness (QED) is 0.723. The Balaban J connectivity index is 2.24. The third-order valence-corrected chi connectivity index (χ3v) is 2.83. The van der Waals surface area contributed by atoms with E-state index in [1.807, 2.05) is 7.05 Å². The lowest BCUT2D eigenvalue weighted by molar-refractivity contribution is 0.0905. The van der Waals surface area contributed by atoms with Crippen LogP contribution in [-0.4, -0.2) is 43.8 Å². The second-order valence-corrected chi connectivity index (χ2v) is 4.08. The number of hydrogen-bond donors (Lipinski definition) is 1. The van der Waals surface area contributed by atoms with Gasteiger partial charge < -0.3 is 15.0 Å². The molecule has 0 aromatic carbocycles. The summed E-state index contributed by atoms with van der Waals surface area (Å²) >= 11 is 0. The van der Waals surface area contributed by atoms with Crippen LogP contribution in [0.5, 0.6) is 0 Å². The smallest absolute Gasteiger partial charge is 0.409 e. The number of unbranched alkanes of at least 4 members (excludes halogenated alkanes) is 1. The van der Waals surface area contributed by atoms with Gasteiger partial charge in [-0.25, -0.2) is 4.79 Å². The molecule has 0 radical (unpaired) electrons. The van der Waals surface area contributed by atoms with Crippen LogP contribution in [0.1, 0.15) is 32.6 Å². The Bertz CT molecular complexity index is 191. The van der Waals surface area contributed by atoms with E-state index in [-0.39, 0.29) is 6.09 Å². The largest absolute Gasteiger partial charge is 0.449 e. The van der Waals surface area contributed by atoms with Crippen molar-refractivity contribution >= 4 is 6.09 Å². The van der Waals surface area contributed by atoms with Crippen molar-refractivity contribution in [3.8, 4) is 0 Å². The maximum atomic E-state index is 11.6. The molecule has 4 heteroatoms. The molecule has 1 amide bonds. The van der Waals surface area contributed by atoms with Gasteiger partial charge in [0.2, 0.25) is 0 Å². The Hall–Kier alpha value is -0.770. The molecule has 4 nitrogen and oxygen atoms in total. The lowest BCUT2D eigenvalue weighted by atomic mass is 10.1. The van der Waals surface area contributed by atoms with Crippen LogP contribution in [-0.2, 0) is 4.74 Å². The molecule has 0 aromatic heterocycles. The van der Waals surface area contributed by atoms with Gasteiger partial charge in [0.05, 0.1) is 6.61 Å². The molecule has 1 rings (SSSR count). The summed E-state index contributed by atoms with van der Waals surface area (Å²) in [6.45, 7) is 4.58. The summed E-state index contributed by atoms with van der Waals surface area (Å²) in [5.41, 5.74) is 0. The second kappa shape index (κ2) is 6.67. The standard InChI is InChI=1S/C11H22N2O2/c1-3-4-8-15-11(14)13(2)10-6-5-7-12-9-10/h10,12H,3-9H2,1-2H3. The van der Waals surface area contributed by atoms with E-state index in [1.54, 1.807) is 4.90 Å². The number of carbonyl (C=O) groups is 1. The van der Waals surface area contributed by atoms with Crippen LogP contribution in [0.3, 0.4) is 0 Å². The van der Waals surface area contributed by atoms with Crippen molar-refractivity contribution in [2.24, 2.45) is 0 Å². The van der Waals surface area contributed by atoms with Crippen molar-refractivity contribution in [3.05, 3.63) is 0 Å². The predicted molar refractivity (Wildman–Crippen MR) is 59.9 cm³/mol. The topological polar surface area (TPSA) is 41.6 Å². The molecule has 0 aromatic rings. The number of amides is 1. The minimum Gasteiger partial charge on any atom is -0.449 e. The molecule has 1 saturated heterocycles. The highest BCUT2D eigenvalue weighted by molar-refractivity contribution is 5.67. The zero-order chi connectivity index (χ0) is 11.1. The van der Waals surface area contributed by atoms with Gasteiger partial charge in [0.15, 0.2) is 0 Å². The van der Waals surface area contributed by atoms with Crippen molar-refractivity contribution in [1.29, 1.82) is 0 Å². The van der Waals surface area contributed by atoms with Crippen molar-refractivity contribution in [2.75, 3.05) is 26.7 Å². The van der Waals surface area contributed by atoms with E-state index in [0.717, 1.165) is 38.8 Å². The van der Waals surface area contributed by atoms with Crippen molar-refractivity contribution in [2.45, 2.75) is 38.6 Å². The van der Waals surface area contributed by atoms with E-state index in [2.05, 4.69) is 12.2 Å². The fraction of sp³-hybridized carbons (Fsp3) is 0.909. The summed E-state index contributed by atoms with van der Waals surface area (Å²) in [5.74, 6) is 0. The number of ether oxygens (including phenoxy) is 1. The van der Waals surface area contributed by atoms with Gasteiger partial charge in [0, 0.05) is 19.6 Å². The summed E-state index contributed by atoms with van der Waals surface area (Å²) in [6.07, 6.45) is 4.03. The Kier molecular flexibility index (Phi) is 5.47. The monoisotopic (exact) mass is 214 g/mol. The second-order valence-electron chi connectivity index (χ2n) is 4.08. The molecule has 0 bridgehead atoms. The van der Waals surface area contributed by atoms with Gasteiger partial charge in [-0.1, -0.05) is 13.3 Å². The molecule has 1 N–H and O–H groups in total. The zero-order valence-electron chi connectivity index (χ0n) is 9.79. The van der Waals surface area contributed by atoms with Gasteiger partial charge in [-0.3, -0.25) is 0 Å². The first kappa shape index (κ1) is 12.3. The summed E-state index contributed by atoms with van der Waals surface area (Å²) in [7, 11) is 1.83. The highest BCUT2D eigenvalue weighted by Crippen LogP contribution is 2.09. The Morgan fingerprint density at radius 3 is 3.00 bits per heavy atom. The number of piperidine rings is 1. The van der Waals surface area contributed by atoms with E-state index < -0.39 is 0 Å². The SMILES string of the molecule is CCCCOC(=O)N(C)C1CCCNC1. The van der Waals surface area contributed by atoms with E-state index in [9.17, 15) is 4.79 Å². The minimum absolute atomic E-state index is 0.183. The molecule has 1 aliphatic rings. The third kappa shape index (κ3) is 4.08. The fourth-order valence-corrected chi connectivity index (χ4v) is 1.72. The van der Waals surface area contributed by atoms with E-state index in [0.29, 0.717) is 12.6 Å². The number of likely N-dealkylation sites (N-methyl/N-ethyl adjacent to an activating group) is 1. The molecule has 0 saturated carbocycles. The Morgan fingerprint density at radius 1 is 1.60 bits per heavy atom. The average Bonchev–Trinajstić information content (AvgIpc) is 2.29. The van der Waals surface area contributed by atoms with Crippen molar-refractivity contribution in [1.82, 2.24) is 10.2 Å². The number of rotatable bonds is 4. The van der Waals surface area contributed by atoms with Crippen LogP contribution >= 0.6 is 0 Å². The molecule has 0 aliphatic carbocycles. The van der Waals surface area contributed by atoms with E-state index in [1.165, 1.54) is 0 Å². The molecule has 1 atom stereocenters. The molecule has 1 unspecified atom stereocenters. The van der Waals surface area contributed by atoms with Crippen LogP contribution < -0.4 is 5.32 Å². The Morgan fingerprint density at radius 2 is 2.40 bits per heavy atom. The maximum absolute atomic E-state index is 11.6. The molecule has 1 fully saturated rings. The first-order chi connectivity index (χ1) is 7.25. The molecule has 1 heterocycles. The van der Waals surface area contributed by atoms with Crippen LogP contribution in [0, 0.1) is 0 Å². The van der Waals surface area contributed by atoms with E-state index in [4.69, 9.17) is 4.74 Å². The summed E-state index contributed by atoms with van der Waals surface area (Å²) in [6, 6.07) is 0.299. The average molecular weight is 214 g/mol. The van der Waals surface area contributed by atoms with Crippen LogP contribution in [0.2, 0.25) is 0 Å². The minimum atomic E-state index is -0.183. The summed E-state index contributed by atoms with van der Waals surface area (Å²) in [5, 5.41) is 3.29. The van der Waals surface area contributed by atoms with Crippen molar-refractivity contribution < 1.29 is 9.53 Å². The van der Waals surface area contributed by atoms with Crippen molar-refractivity contribution in [3.63, 3.8) is 0 Å². The molecular weight excluding hydrogens is 192 g/mol. The Labute approximate surface area is 92.0 Å². The molecular formula is C11H22N2O2. The van der Waals surface area contributed by atoms with Gasteiger partial charge >= 0.3 is 6.09 Å². The number of nitrogens with zero attached hydrogens (tertiary/aromatic N) is 1. The first-order valence-corrected chi connectivity index (χ1v) is 5.86. The van der Waals surface area contributed by atoms with E-state index >= 15 is 0 Å². The highest BCUT2D eigenvalue weighted by Gasteiger charge is 2.22. The van der Waals surface area contributed by atoms with Crippen LogP contribution in [0.15, 0.2) is 0 Å². The predicted octanol–water partition coefficient (Wildman–Crippen LogP) is 1.61. The van der Waals surface area contributed by atoms with Crippen LogP contribution in [0.4, 0.5) is 4.79 Å². The normalized spacial score (nSPS) is 21.1.